The van der Waals surface area contributed by atoms with Gasteiger partial charge in [0.2, 0.25) is 0 Å². The lowest BCUT2D eigenvalue weighted by Crippen LogP contribution is -2.38. The first kappa shape index (κ1) is 15.5. The molecule has 1 saturated heterocycles. The lowest BCUT2D eigenvalue weighted by atomic mass is 10.00. The molecule has 3 heteroatoms. The zero-order chi connectivity index (χ0) is 14.5. The van der Waals surface area contributed by atoms with Crippen molar-refractivity contribution < 1.29 is 4.39 Å². The molecule has 20 heavy (non-hydrogen) atoms. The summed E-state index contributed by atoms with van der Waals surface area (Å²) < 4.78 is 13.6. The van der Waals surface area contributed by atoms with Crippen LogP contribution < -0.4 is 5.32 Å². The number of likely N-dealkylation sites (tertiary alicyclic amines) is 1. The molecule has 1 heterocycles. The van der Waals surface area contributed by atoms with Gasteiger partial charge in [0.05, 0.1) is 0 Å². The van der Waals surface area contributed by atoms with E-state index in [1.54, 1.807) is 0 Å². The van der Waals surface area contributed by atoms with Crippen molar-refractivity contribution in [3.05, 3.63) is 34.6 Å². The van der Waals surface area contributed by atoms with Crippen LogP contribution in [0.5, 0.6) is 0 Å². The molecule has 0 aromatic heterocycles. The van der Waals surface area contributed by atoms with Crippen LogP contribution in [-0.2, 0) is 6.54 Å². The predicted molar refractivity (Wildman–Crippen MR) is 82.5 cm³/mol. The van der Waals surface area contributed by atoms with E-state index in [9.17, 15) is 4.39 Å². The first-order chi connectivity index (χ1) is 9.58. The molecule has 0 amide bonds. The fourth-order valence-corrected chi connectivity index (χ4v) is 3.15. The lowest BCUT2D eigenvalue weighted by molar-refractivity contribution is 0.175. The molecule has 1 aromatic rings. The second kappa shape index (κ2) is 7.19. The highest BCUT2D eigenvalue weighted by molar-refractivity contribution is 5.30. The Labute approximate surface area is 122 Å². The summed E-state index contributed by atoms with van der Waals surface area (Å²) >= 11 is 0. The first-order valence-electron chi connectivity index (χ1n) is 7.74. The third-order valence-electron chi connectivity index (χ3n) is 4.40. The van der Waals surface area contributed by atoms with E-state index in [1.165, 1.54) is 37.8 Å². The number of benzene rings is 1. The number of hydrogen-bond donors (Lipinski definition) is 1. The quantitative estimate of drug-likeness (QED) is 0.830. The van der Waals surface area contributed by atoms with E-state index in [2.05, 4.69) is 17.3 Å². The molecule has 1 aromatic carbocycles. The minimum Gasteiger partial charge on any atom is -0.313 e. The van der Waals surface area contributed by atoms with Gasteiger partial charge in [0, 0.05) is 12.6 Å². The van der Waals surface area contributed by atoms with Crippen molar-refractivity contribution in [3.8, 4) is 0 Å². The van der Waals surface area contributed by atoms with Crippen LogP contribution >= 0.6 is 0 Å². The van der Waals surface area contributed by atoms with E-state index < -0.39 is 0 Å². The Kier molecular flexibility index (Phi) is 5.55. The van der Waals surface area contributed by atoms with Gasteiger partial charge >= 0.3 is 0 Å². The highest BCUT2D eigenvalue weighted by Crippen LogP contribution is 2.17. The minimum absolute atomic E-state index is 0.0717. The van der Waals surface area contributed by atoms with Gasteiger partial charge in [-0.25, -0.2) is 4.39 Å². The lowest BCUT2D eigenvalue weighted by Gasteiger charge is -2.32. The van der Waals surface area contributed by atoms with Gasteiger partial charge in [-0.15, -0.1) is 0 Å². The van der Waals surface area contributed by atoms with E-state index in [0.29, 0.717) is 0 Å². The van der Waals surface area contributed by atoms with E-state index in [-0.39, 0.29) is 5.82 Å². The Balaban J connectivity index is 1.76. The molecular weight excluding hydrogens is 251 g/mol. The van der Waals surface area contributed by atoms with Crippen LogP contribution in [-0.4, -0.2) is 31.1 Å². The average Bonchev–Trinajstić information content (AvgIpc) is 2.42. The Morgan fingerprint density at radius 3 is 2.60 bits per heavy atom. The second-order valence-electron chi connectivity index (χ2n) is 6.14. The van der Waals surface area contributed by atoms with E-state index in [1.807, 2.05) is 26.0 Å². The molecule has 1 aliphatic heterocycles. The molecule has 0 radical (unpaired) electrons. The van der Waals surface area contributed by atoms with Crippen LogP contribution in [0.3, 0.4) is 0 Å². The summed E-state index contributed by atoms with van der Waals surface area (Å²) in [7, 11) is 2.23. The smallest absolute Gasteiger partial charge is 0.129 e. The van der Waals surface area contributed by atoms with Crippen LogP contribution in [0.25, 0.3) is 0 Å². The topological polar surface area (TPSA) is 15.3 Å². The van der Waals surface area contributed by atoms with E-state index in [4.69, 9.17) is 0 Å². The molecule has 1 aliphatic rings. The maximum absolute atomic E-state index is 13.6. The van der Waals surface area contributed by atoms with Crippen LogP contribution in [0.2, 0.25) is 0 Å². The van der Waals surface area contributed by atoms with Crippen molar-refractivity contribution in [1.82, 2.24) is 10.2 Å². The SMILES string of the molecule is Cc1cc(CNCCC2CCCCN2C)cc(C)c1F. The maximum atomic E-state index is 13.6. The molecule has 2 rings (SSSR count). The highest BCUT2D eigenvalue weighted by Gasteiger charge is 2.17. The summed E-state index contributed by atoms with van der Waals surface area (Å²) in [5, 5.41) is 3.49. The molecule has 2 nitrogen and oxygen atoms in total. The number of piperidine rings is 1. The number of nitrogens with one attached hydrogen (secondary N) is 1. The standard InChI is InChI=1S/C17H27FN2/c1-13-10-15(11-14(2)17(13)18)12-19-8-7-16-6-4-5-9-20(16)3/h10-11,16,19H,4-9,12H2,1-3H3. The van der Waals surface area contributed by atoms with Crippen molar-refractivity contribution in [2.75, 3.05) is 20.1 Å². The largest absolute Gasteiger partial charge is 0.313 e. The van der Waals surface area contributed by atoms with Gasteiger partial charge in [0.25, 0.3) is 0 Å². The van der Waals surface area contributed by atoms with Gasteiger partial charge in [0.15, 0.2) is 0 Å². The van der Waals surface area contributed by atoms with Crippen LogP contribution in [0.4, 0.5) is 4.39 Å². The minimum atomic E-state index is -0.0717. The van der Waals surface area contributed by atoms with Gasteiger partial charge in [-0.3, -0.25) is 0 Å². The summed E-state index contributed by atoms with van der Waals surface area (Å²) in [5.74, 6) is -0.0717. The number of nitrogens with zero attached hydrogens (tertiary/aromatic N) is 1. The molecule has 1 fully saturated rings. The number of rotatable bonds is 5. The van der Waals surface area contributed by atoms with Gasteiger partial charge in [0.1, 0.15) is 5.82 Å². The summed E-state index contributed by atoms with van der Waals surface area (Å²) in [6, 6.07) is 4.62. The third-order valence-corrected chi connectivity index (χ3v) is 4.40. The molecule has 0 bridgehead atoms. The average molecular weight is 278 g/mol. The maximum Gasteiger partial charge on any atom is 0.129 e. The van der Waals surface area contributed by atoms with Crippen LogP contribution in [0.15, 0.2) is 12.1 Å². The summed E-state index contributed by atoms with van der Waals surface area (Å²) in [4.78, 5) is 2.48. The molecule has 1 atom stereocenters. The Morgan fingerprint density at radius 1 is 1.25 bits per heavy atom. The van der Waals surface area contributed by atoms with Crippen LogP contribution in [0, 0.1) is 19.7 Å². The summed E-state index contributed by atoms with van der Waals surface area (Å²) in [5.41, 5.74) is 2.67. The zero-order valence-corrected chi connectivity index (χ0v) is 13.0. The predicted octanol–water partition coefficient (Wildman–Crippen LogP) is 3.41. The van der Waals surface area contributed by atoms with E-state index in [0.717, 1.165) is 30.3 Å². The molecule has 0 saturated carbocycles. The van der Waals surface area contributed by atoms with Crippen molar-refractivity contribution >= 4 is 0 Å². The molecule has 112 valence electrons. The van der Waals surface area contributed by atoms with Crippen LogP contribution in [0.1, 0.15) is 42.4 Å². The third kappa shape index (κ3) is 4.03. The van der Waals surface area contributed by atoms with Gasteiger partial charge in [-0.2, -0.15) is 0 Å². The first-order valence-corrected chi connectivity index (χ1v) is 7.74. The normalized spacial score (nSPS) is 20.3. The van der Waals surface area contributed by atoms with E-state index >= 15 is 0 Å². The second-order valence-corrected chi connectivity index (χ2v) is 6.14. The Hall–Kier alpha value is -0.930. The monoisotopic (exact) mass is 278 g/mol. The summed E-state index contributed by atoms with van der Waals surface area (Å²) in [6.07, 6.45) is 5.24. The number of halogens is 1. The van der Waals surface area contributed by atoms with Crippen molar-refractivity contribution in [2.45, 2.75) is 52.1 Å². The van der Waals surface area contributed by atoms with Gasteiger partial charge in [-0.1, -0.05) is 18.6 Å². The highest BCUT2D eigenvalue weighted by atomic mass is 19.1. The molecule has 0 spiro atoms. The summed E-state index contributed by atoms with van der Waals surface area (Å²) in [6.45, 7) is 6.77. The molecule has 0 aliphatic carbocycles. The molecule has 1 N–H and O–H groups in total. The van der Waals surface area contributed by atoms with Gasteiger partial charge in [-0.05, 0) is 69.9 Å². The Bertz CT molecular complexity index is 422. The van der Waals surface area contributed by atoms with Crippen molar-refractivity contribution in [3.63, 3.8) is 0 Å². The number of aryl methyl sites for hydroxylation is 2. The fourth-order valence-electron chi connectivity index (χ4n) is 3.15. The Morgan fingerprint density at radius 2 is 1.95 bits per heavy atom. The van der Waals surface area contributed by atoms with Gasteiger partial charge < -0.3 is 10.2 Å². The van der Waals surface area contributed by atoms with Crippen molar-refractivity contribution in [2.24, 2.45) is 0 Å². The fraction of sp³-hybridized carbons (Fsp3) is 0.647. The van der Waals surface area contributed by atoms with Crippen molar-refractivity contribution in [1.29, 1.82) is 0 Å². The molecule has 1 unspecified atom stereocenters. The zero-order valence-electron chi connectivity index (χ0n) is 13.0. The number of hydrogen-bond acceptors (Lipinski definition) is 2. The molecular formula is C17H27FN2.